The number of carbonyl (C=O) groups is 1. The van der Waals surface area contributed by atoms with Crippen molar-refractivity contribution in [3.05, 3.63) is 30.1 Å². The Bertz CT molecular complexity index is 658. The van der Waals surface area contributed by atoms with Gasteiger partial charge in [0.25, 0.3) is 0 Å². The van der Waals surface area contributed by atoms with Crippen molar-refractivity contribution >= 4 is 17.0 Å². The molecular weight excluding hydrogens is 252 g/mol. The van der Waals surface area contributed by atoms with Crippen LogP contribution in [0.25, 0.3) is 11.0 Å². The number of benzene rings is 1. The predicted molar refractivity (Wildman–Crippen MR) is 78.0 cm³/mol. The van der Waals surface area contributed by atoms with E-state index >= 15 is 0 Å². The fourth-order valence-electron chi connectivity index (χ4n) is 3.35. The lowest BCUT2D eigenvalue weighted by Gasteiger charge is -2.36. The summed E-state index contributed by atoms with van der Waals surface area (Å²) in [5, 5.41) is 9.03. The molecule has 0 saturated heterocycles. The van der Waals surface area contributed by atoms with Crippen LogP contribution in [0.4, 0.5) is 0 Å². The third kappa shape index (κ3) is 2.30. The van der Waals surface area contributed by atoms with Crippen LogP contribution in [0.2, 0.25) is 0 Å². The molecular formula is C16H20N2O2. The van der Waals surface area contributed by atoms with E-state index in [0.29, 0.717) is 17.0 Å². The van der Waals surface area contributed by atoms with Crippen molar-refractivity contribution in [1.29, 1.82) is 0 Å². The van der Waals surface area contributed by atoms with E-state index in [-0.39, 0.29) is 0 Å². The topological polar surface area (TPSA) is 55.1 Å². The maximum Gasteiger partial charge on any atom is 0.335 e. The molecule has 1 aliphatic carbocycles. The van der Waals surface area contributed by atoms with Crippen LogP contribution in [0.5, 0.6) is 0 Å². The molecule has 1 aliphatic rings. The van der Waals surface area contributed by atoms with Gasteiger partial charge in [-0.2, -0.15) is 0 Å². The van der Waals surface area contributed by atoms with Crippen LogP contribution in [0.3, 0.4) is 0 Å². The summed E-state index contributed by atoms with van der Waals surface area (Å²) in [5.41, 5.74) is 2.48. The first-order valence-corrected chi connectivity index (χ1v) is 7.16. The zero-order valence-corrected chi connectivity index (χ0v) is 12.0. The molecule has 1 saturated carbocycles. The summed E-state index contributed by atoms with van der Waals surface area (Å²) in [6.07, 6.45) is 6.71. The van der Waals surface area contributed by atoms with E-state index in [1.54, 1.807) is 12.1 Å². The Morgan fingerprint density at radius 2 is 2.25 bits per heavy atom. The first-order chi connectivity index (χ1) is 9.46. The van der Waals surface area contributed by atoms with Gasteiger partial charge in [0.2, 0.25) is 0 Å². The van der Waals surface area contributed by atoms with Crippen LogP contribution in [-0.2, 0) is 0 Å². The van der Waals surface area contributed by atoms with Crippen LogP contribution >= 0.6 is 0 Å². The molecule has 0 bridgehead atoms. The Morgan fingerprint density at radius 3 is 2.95 bits per heavy atom. The highest BCUT2D eigenvalue weighted by molar-refractivity contribution is 5.92. The maximum atomic E-state index is 11.0. The molecule has 1 atom stereocenters. The average Bonchev–Trinajstić information content (AvgIpc) is 2.80. The van der Waals surface area contributed by atoms with Gasteiger partial charge in [-0.3, -0.25) is 0 Å². The largest absolute Gasteiger partial charge is 0.478 e. The minimum Gasteiger partial charge on any atom is -0.478 e. The molecule has 3 rings (SSSR count). The molecule has 1 heterocycles. The second-order valence-electron chi connectivity index (χ2n) is 6.57. The monoisotopic (exact) mass is 272 g/mol. The van der Waals surface area contributed by atoms with Gasteiger partial charge in [-0.05, 0) is 42.9 Å². The molecule has 1 N–H and O–H groups in total. The van der Waals surface area contributed by atoms with E-state index in [9.17, 15) is 4.79 Å². The number of imidazole rings is 1. The van der Waals surface area contributed by atoms with E-state index in [1.165, 1.54) is 19.3 Å². The van der Waals surface area contributed by atoms with Gasteiger partial charge in [0.15, 0.2) is 0 Å². The number of aromatic nitrogens is 2. The average molecular weight is 272 g/mol. The molecule has 1 aromatic carbocycles. The van der Waals surface area contributed by atoms with Gasteiger partial charge in [0.1, 0.15) is 0 Å². The fourth-order valence-corrected chi connectivity index (χ4v) is 3.35. The first kappa shape index (κ1) is 13.2. The number of carboxylic acid groups (broad SMARTS) is 1. The summed E-state index contributed by atoms with van der Waals surface area (Å²) >= 11 is 0. The molecule has 0 aliphatic heterocycles. The molecule has 1 aromatic heterocycles. The first-order valence-electron chi connectivity index (χ1n) is 7.16. The smallest absolute Gasteiger partial charge is 0.335 e. The van der Waals surface area contributed by atoms with Gasteiger partial charge in [-0.25, -0.2) is 9.78 Å². The van der Waals surface area contributed by atoms with Crippen LogP contribution < -0.4 is 0 Å². The van der Waals surface area contributed by atoms with E-state index in [4.69, 9.17) is 5.11 Å². The van der Waals surface area contributed by atoms with E-state index < -0.39 is 5.97 Å². The van der Waals surface area contributed by atoms with Crippen molar-refractivity contribution in [3.8, 4) is 0 Å². The Labute approximate surface area is 118 Å². The molecule has 0 radical (unpaired) electrons. The van der Waals surface area contributed by atoms with E-state index in [1.807, 2.05) is 12.4 Å². The van der Waals surface area contributed by atoms with Gasteiger partial charge in [0, 0.05) is 6.04 Å². The summed E-state index contributed by atoms with van der Waals surface area (Å²) in [6.45, 7) is 4.64. The van der Waals surface area contributed by atoms with Gasteiger partial charge < -0.3 is 9.67 Å². The second kappa shape index (κ2) is 4.62. The van der Waals surface area contributed by atoms with Crippen LogP contribution in [-0.4, -0.2) is 20.6 Å². The highest BCUT2D eigenvalue weighted by atomic mass is 16.4. The van der Waals surface area contributed by atoms with Gasteiger partial charge in [-0.15, -0.1) is 0 Å². The third-order valence-corrected chi connectivity index (χ3v) is 4.39. The van der Waals surface area contributed by atoms with Gasteiger partial charge in [-0.1, -0.05) is 20.3 Å². The zero-order valence-electron chi connectivity index (χ0n) is 12.0. The summed E-state index contributed by atoms with van der Waals surface area (Å²) in [5.74, 6) is -0.903. The van der Waals surface area contributed by atoms with E-state index in [0.717, 1.165) is 17.5 Å². The van der Waals surface area contributed by atoms with Crippen molar-refractivity contribution in [2.45, 2.75) is 45.6 Å². The molecule has 2 aromatic rings. The van der Waals surface area contributed by atoms with Gasteiger partial charge in [0.05, 0.1) is 22.9 Å². The highest BCUT2D eigenvalue weighted by Crippen LogP contribution is 2.41. The van der Waals surface area contributed by atoms with Crippen molar-refractivity contribution in [1.82, 2.24) is 9.55 Å². The fraction of sp³-hybridized carbons (Fsp3) is 0.500. The molecule has 4 nitrogen and oxygen atoms in total. The predicted octanol–water partition coefficient (Wildman–Crippen LogP) is 3.88. The SMILES string of the molecule is CC1(C)CCCC(n2cnc3cc(C(=O)O)ccc32)C1. The van der Waals surface area contributed by atoms with Crippen molar-refractivity contribution < 1.29 is 9.90 Å². The van der Waals surface area contributed by atoms with Crippen molar-refractivity contribution in [3.63, 3.8) is 0 Å². The number of aromatic carboxylic acids is 1. The molecule has 0 spiro atoms. The van der Waals surface area contributed by atoms with Crippen LogP contribution in [0, 0.1) is 5.41 Å². The number of hydrogen-bond acceptors (Lipinski definition) is 2. The van der Waals surface area contributed by atoms with Crippen molar-refractivity contribution in [2.24, 2.45) is 5.41 Å². The lowest BCUT2D eigenvalue weighted by atomic mass is 9.75. The molecule has 20 heavy (non-hydrogen) atoms. The number of carboxylic acids is 1. The Morgan fingerprint density at radius 1 is 1.45 bits per heavy atom. The van der Waals surface area contributed by atoms with Crippen molar-refractivity contribution in [2.75, 3.05) is 0 Å². The summed E-state index contributed by atoms with van der Waals surface area (Å²) in [7, 11) is 0. The zero-order chi connectivity index (χ0) is 14.3. The Kier molecular flexibility index (Phi) is 3.04. The Hall–Kier alpha value is -1.84. The number of nitrogens with zero attached hydrogens (tertiary/aromatic N) is 2. The molecule has 1 unspecified atom stereocenters. The lowest BCUT2D eigenvalue weighted by molar-refractivity contribution is 0.0697. The number of fused-ring (bicyclic) bond motifs is 1. The maximum absolute atomic E-state index is 11.0. The third-order valence-electron chi connectivity index (χ3n) is 4.39. The molecule has 4 heteroatoms. The van der Waals surface area contributed by atoms with Crippen LogP contribution in [0.15, 0.2) is 24.5 Å². The molecule has 106 valence electrons. The minimum absolute atomic E-state index is 0.298. The normalized spacial score (nSPS) is 22.0. The number of hydrogen-bond donors (Lipinski definition) is 1. The summed E-state index contributed by atoms with van der Waals surface area (Å²) < 4.78 is 2.22. The van der Waals surface area contributed by atoms with Crippen LogP contribution in [0.1, 0.15) is 55.9 Å². The second-order valence-corrected chi connectivity index (χ2v) is 6.57. The molecule has 0 amide bonds. The minimum atomic E-state index is -0.903. The standard InChI is InChI=1S/C16H20N2O2/c1-16(2)7-3-4-12(9-16)18-10-17-13-8-11(15(19)20)5-6-14(13)18/h5-6,8,10,12H,3-4,7,9H2,1-2H3,(H,19,20). The Balaban J connectivity index is 1.98. The molecule has 1 fully saturated rings. The van der Waals surface area contributed by atoms with E-state index in [2.05, 4.69) is 23.4 Å². The highest BCUT2D eigenvalue weighted by Gasteiger charge is 2.29. The summed E-state index contributed by atoms with van der Waals surface area (Å²) in [6, 6.07) is 5.67. The lowest BCUT2D eigenvalue weighted by Crippen LogP contribution is -2.24. The quantitative estimate of drug-likeness (QED) is 0.902. The summed E-state index contributed by atoms with van der Waals surface area (Å²) in [4.78, 5) is 15.4. The van der Waals surface area contributed by atoms with Gasteiger partial charge >= 0.3 is 5.97 Å². The number of rotatable bonds is 2.